The number of fused-ring (bicyclic) bond motifs is 2. The van der Waals surface area contributed by atoms with E-state index >= 15 is 0 Å². The van der Waals surface area contributed by atoms with Crippen molar-refractivity contribution < 1.29 is 9.53 Å². The van der Waals surface area contributed by atoms with Crippen molar-refractivity contribution in [2.24, 2.45) is 0 Å². The third-order valence-corrected chi connectivity index (χ3v) is 6.02. The second kappa shape index (κ2) is 6.04. The normalized spacial score (nSPS) is 18.9. The van der Waals surface area contributed by atoms with Gasteiger partial charge in [-0.1, -0.05) is 6.07 Å². The Kier molecular flexibility index (Phi) is 3.87. The summed E-state index contributed by atoms with van der Waals surface area (Å²) in [5, 5.41) is 11.1. The van der Waals surface area contributed by atoms with Crippen molar-refractivity contribution in [1.29, 1.82) is 5.26 Å². The van der Waals surface area contributed by atoms with Crippen LogP contribution >= 0.6 is 11.3 Å². The van der Waals surface area contributed by atoms with Crippen molar-refractivity contribution in [2.45, 2.75) is 24.9 Å². The molecule has 0 aliphatic carbocycles. The Hall–Kier alpha value is -2.16. The molecule has 2 aromatic rings. The highest BCUT2D eigenvalue weighted by Gasteiger charge is 2.42. The van der Waals surface area contributed by atoms with E-state index in [1.165, 1.54) is 10.4 Å². The molecule has 1 fully saturated rings. The van der Waals surface area contributed by atoms with Gasteiger partial charge in [-0.2, -0.15) is 5.26 Å². The van der Waals surface area contributed by atoms with Crippen molar-refractivity contribution in [3.8, 4) is 6.07 Å². The lowest BCUT2D eigenvalue weighted by molar-refractivity contribution is -0.0926. The number of carbonyl (C=O) groups excluding carboxylic acids is 1. The molecule has 0 N–H and O–H groups in total. The van der Waals surface area contributed by atoms with Crippen LogP contribution in [0.15, 0.2) is 35.7 Å². The van der Waals surface area contributed by atoms with Gasteiger partial charge in [0.25, 0.3) is 5.91 Å². The highest BCUT2D eigenvalue weighted by Crippen LogP contribution is 2.43. The van der Waals surface area contributed by atoms with Crippen LogP contribution in [-0.4, -0.2) is 30.5 Å². The maximum atomic E-state index is 12.7. The fourth-order valence-corrected chi connectivity index (χ4v) is 4.70. The molecule has 0 unspecified atom stereocenters. The molecule has 3 heterocycles. The third kappa shape index (κ3) is 2.52. The highest BCUT2D eigenvalue weighted by molar-refractivity contribution is 7.10. The molecule has 4 nitrogen and oxygen atoms in total. The number of nitrogens with zero attached hydrogens (tertiary/aromatic N) is 2. The molecule has 1 saturated heterocycles. The fourth-order valence-electron chi connectivity index (χ4n) is 3.75. The largest absolute Gasteiger partial charge is 0.370 e. The zero-order chi connectivity index (χ0) is 16.6. The number of rotatable bonds is 1. The van der Waals surface area contributed by atoms with Crippen LogP contribution in [0.1, 0.15) is 39.2 Å². The van der Waals surface area contributed by atoms with Gasteiger partial charge in [-0.3, -0.25) is 4.79 Å². The van der Waals surface area contributed by atoms with Crippen LogP contribution < -0.4 is 0 Å². The summed E-state index contributed by atoms with van der Waals surface area (Å²) in [6, 6.07) is 11.2. The molecule has 1 aromatic heterocycles. The number of likely N-dealkylation sites (tertiary alicyclic amines) is 1. The lowest BCUT2D eigenvalue weighted by atomic mass is 9.82. The summed E-state index contributed by atoms with van der Waals surface area (Å²) in [4.78, 5) is 16.0. The van der Waals surface area contributed by atoms with Gasteiger partial charge in [0.05, 0.1) is 23.8 Å². The molecule has 5 heteroatoms. The summed E-state index contributed by atoms with van der Waals surface area (Å²) >= 11 is 1.81. The molecule has 1 aromatic carbocycles. The van der Waals surface area contributed by atoms with Crippen molar-refractivity contribution in [2.75, 3.05) is 19.7 Å². The van der Waals surface area contributed by atoms with E-state index in [1.807, 2.05) is 16.2 Å². The zero-order valence-electron chi connectivity index (χ0n) is 13.3. The van der Waals surface area contributed by atoms with E-state index in [2.05, 4.69) is 17.5 Å². The minimum absolute atomic E-state index is 0.00306. The first-order valence-electron chi connectivity index (χ1n) is 8.22. The smallest absolute Gasteiger partial charge is 0.253 e. The Labute approximate surface area is 145 Å². The van der Waals surface area contributed by atoms with E-state index in [9.17, 15) is 4.79 Å². The second-order valence-electron chi connectivity index (χ2n) is 6.34. The minimum Gasteiger partial charge on any atom is -0.370 e. The Morgan fingerprint density at radius 1 is 1.29 bits per heavy atom. The first-order valence-corrected chi connectivity index (χ1v) is 9.10. The zero-order valence-corrected chi connectivity index (χ0v) is 14.1. The third-order valence-electron chi connectivity index (χ3n) is 5.04. The standard InChI is InChI=1S/C19H18N2O2S/c20-13-14-2-1-3-15(12-14)18(22)21-8-6-19(7-9-21)16-5-11-24-17(16)4-10-23-19/h1-3,5,11-12H,4,6-10H2. The molecular weight excluding hydrogens is 320 g/mol. The van der Waals surface area contributed by atoms with Gasteiger partial charge in [0, 0.05) is 30.0 Å². The van der Waals surface area contributed by atoms with Crippen LogP contribution in [0.2, 0.25) is 0 Å². The van der Waals surface area contributed by atoms with E-state index in [0.717, 1.165) is 25.9 Å². The number of amides is 1. The number of carbonyl (C=O) groups is 1. The van der Waals surface area contributed by atoms with Crippen LogP contribution in [0.4, 0.5) is 0 Å². The summed E-state index contributed by atoms with van der Waals surface area (Å²) in [5.41, 5.74) is 2.23. The van der Waals surface area contributed by atoms with Crippen LogP contribution in [0, 0.1) is 11.3 Å². The number of nitriles is 1. The lowest BCUT2D eigenvalue weighted by Gasteiger charge is -2.44. The molecule has 1 amide bonds. The molecule has 4 rings (SSSR count). The Morgan fingerprint density at radius 3 is 2.92 bits per heavy atom. The quantitative estimate of drug-likeness (QED) is 0.801. The van der Waals surface area contributed by atoms with Gasteiger partial charge in [0.15, 0.2) is 0 Å². The molecular formula is C19H18N2O2S. The van der Waals surface area contributed by atoms with Gasteiger partial charge in [-0.05, 0) is 48.1 Å². The number of hydrogen-bond donors (Lipinski definition) is 0. The Morgan fingerprint density at radius 2 is 2.12 bits per heavy atom. The maximum Gasteiger partial charge on any atom is 0.253 e. The molecule has 0 bridgehead atoms. The first-order chi connectivity index (χ1) is 11.7. The van der Waals surface area contributed by atoms with Gasteiger partial charge in [0.1, 0.15) is 0 Å². The van der Waals surface area contributed by atoms with E-state index in [-0.39, 0.29) is 11.5 Å². The van der Waals surface area contributed by atoms with Crippen LogP contribution in [-0.2, 0) is 16.8 Å². The van der Waals surface area contributed by atoms with E-state index in [1.54, 1.807) is 24.3 Å². The second-order valence-corrected chi connectivity index (χ2v) is 7.34. The predicted octanol–water partition coefficient (Wildman–Crippen LogP) is 3.32. The molecule has 0 radical (unpaired) electrons. The Bertz CT molecular complexity index is 813. The highest BCUT2D eigenvalue weighted by atomic mass is 32.1. The fraction of sp³-hybridized carbons (Fsp3) is 0.368. The van der Waals surface area contributed by atoms with Crippen molar-refractivity contribution in [3.05, 3.63) is 57.3 Å². The monoisotopic (exact) mass is 338 g/mol. The van der Waals surface area contributed by atoms with Gasteiger partial charge < -0.3 is 9.64 Å². The molecule has 0 saturated carbocycles. The van der Waals surface area contributed by atoms with Crippen molar-refractivity contribution >= 4 is 17.2 Å². The van der Waals surface area contributed by atoms with Crippen LogP contribution in [0.25, 0.3) is 0 Å². The average Bonchev–Trinajstić information content (AvgIpc) is 3.12. The van der Waals surface area contributed by atoms with Crippen LogP contribution in [0.3, 0.4) is 0 Å². The first kappa shape index (κ1) is 15.4. The molecule has 2 aliphatic heterocycles. The minimum atomic E-state index is -0.209. The molecule has 1 spiro atoms. The molecule has 122 valence electrons. The van der Waals surface area contributed by atoms with Crippen molar-refractivity contribution in [3.63, 3.8) is 0 Å². The summed E-state index contributed by atoms with van der Waals surface area (Å²) < 4.78 is 6.19. The van der Waals surface area contributed by atoms with Crippen LogP contribution in [0.5, 0.6) is 0 Å². The van der Waals surface area contributed by atoms with Crippen molar-refractivity contribution in [1.82, 2.24) is 4.90 Å². The SMILES string of the molecule is N#Cc1cccc(C(=O)N2CCC3(CC2)OCCc2sccc23)c1. The maximum absolute atomic E-state index is 12.7. The van der Waals surface area contributed by atoms with Gasteiger partial charge >= 0.3 is 0 Å². The summed E-state index contributed by atoms with van der Waals surface area (Å²) in [6.45, 7) is 2.14. The average molecular weight is 338 g/mol. The van der Waals surface area contributed by atoms with Gasteiger partial charge in [-0.15, -0.1) is 11.3 Å². The van der Waals surface area contributed by atoms with E-state index < -0.39 is 0 Å². The number of ether oxygens (including phenoxy) is 1. The van der Waals surface area contributed by atoms with E-state index in [4.69, 9.17) is 10.00 Å². The van der Waals surface area contributed by atoms with Gasteiger partial charge in [0.2, 0.25) is 0 Å². The summed E-state index contributed by atoms with van der Waals surface area (Å²) in [6.07, 6.45) is 2.67. The summed E-state index contributed by atoms with van der Waals surface area (Å²) in [7, 11) is 0. The summed E-state index contributed by atoms with van der Waals surface area (Å²) in [5.74, 6) is 0.00306. The molecule has 24 heavy (non-hydrogen) atoms. The number of piperidine rings is 1. The lowest BCUT2D eigenvalue weighted by Crippen LogP contribution is -2.48. The number of benzene rings is 1. The Balaban J connectivity index is 1.51. The molecule has 2 aliphatic rings. The topological polar surface area (TPSA) is 53.3 Å². The number of hydrogen-bond acceptors (Lipinski definition) is 4. The predicted molar refractivity (Wildman–Crippen MR) is 91.9 cm³/mol. The van der Waals surface area contributed by atoms with Gasteiger partial charge in [-0.25, -0.2) is 0 Å². The number of thiophene rings is 1. The molecule has 0 atom stereocenters. The van der Waals surface area contributed by atoms with E-state index in [0.29, 0.717) is 24.2 Å².